The number of aromatic nitrogens is 1. The van der Waals surface area contributed by atoms with Crippen LogP contribution in [0.4, 0.5) is 11.5 Å². The number of anilines is 2. The minimum absolute atomic E-state index is 0.0363. The minimum Gasteiger partial charge on any atom is -0.461 e. The molecule has 0 unspecified atom stereocenters. The molecule has 0 radical (unpaired) electrons. The van der Waals surface area contributed by atoms with Crippen molar-refractivity contribution in [3.05, 3.63) is 52.2 Å². The number of carbonyl (C=O) groups excluding carboxylic acids is 1. The van der Waals surface area contributed by atoms with Crippen LogP contribution in [0.1, 0.15) is 42.4 Å². The number of carbonyl (C=O) groups is 1. The number of pyridine rings is 1. The van der Waals surface area contributed by atoms with Crippen LogP contribution in [-0.2, 0) is 4.74 Å². The molecule has 0 bridgehead atoms. The van der Waals surface area contributed by atoms with E-state index < -0.39 is 5.97 Å². The molecule has 0 saturated heterocycles. The Morgan fingerprint density at radius 2 is 2.08 bits per heavy atom. The van der Waals surface area contributed by atoms with Crippen molar-refractivity contribution in [1.82, 2.24) is 4.98 Å². The van der Waals surface area contributed by atoms with Crippen LogP contribution >= 0.6 is 11.6 Å². The third-order valence-corrected chi connectivity index (χ3v) is 3.88. The van der Waals surface area contributed by atoms with E-state index in [0.29, 0.717) is 22.1 Å². The Balaban J connectivity index is 2.55. The molecular formula is C19H22ClN3O2. The Morgan fingerprint density at radius 1 is 1.36 bits per heavy atom. The van der Waals surface area contributed by atoms with Gasteiger partial charge in [0.1, 0.15) is 5.82 Å². The van der Waals surface area contributed by atoms with Crippen LogP contribution in [0.3, 0.4) is 0 Å². The molecule has 0 aliphatic rings. The van der Waals surface area contributed by atoms with Gasteiger partial charge in [0.05, 0.1) is 17.2 Å². The van der Waals surface area contributed by atoms with Crippen LogP contribution in [0.25, 0.3) is 0 Å². The van der Waals surface area contributed by atoms with Gasteiger partial charge in [-0.25, -0.2) is 9.78 Å². The Bertz CT molecular complexity index is 803. The molecule has 0 aliphatic heterocycles. The molecule has 5 nitrogen and oxygen atoms in total. The Labute approximate surface area is 152 Å². The molecule has 2 rings (SSSR count). The maximum absolute atomic E-state index is 12.0. The van der Waals surface area contributed by atoms with Crippen molar-refractivity contribution in [1.29, 1.82) is 5.41 Å². The van der Waals surface area contributed by atoms with E-state index in [0.717, 1.165) is 11.3 Å². The van der Waals surface area contributed by atoms with E-state index in [1.54, 1.807) is 6.92 Å². The Hall–Kier alpha value is -2.40. The molecule has 1 aromatic carbocycles. The molecule has 0 fully saturated rings. The molecular weight excluding hydrogens is 338 g/mol. The molecule has 2 aromatic rings. The first-order chi connectivity index (χ1) is 11.8. The summed E-state index contributed by atoms with van der Waals surface area (Å²) in [6.45, 7) is 7.79. The molecule has 132 valence electrons. The average molecular weight is 360 g/mol. The molecule has 1 aromatic heterocycles. The average Bonchev–Trinajstić information content (AvgIpc) is 2.54. The topological polar surface area (TPSA) is 75.1 Å². The van der Waals surface area contributed by atoms with Crippen molar-refractivity contribution in [3.8, 4) is 0 Å². The lowest BCUT2D eigenvalue weighted by molar-refractivity contribution is 0.0519. The standard InChI is InChI=1S/C19H22ClN3O2/c1-5-25-19(24)15-10-14(20)16(17(21)11(2)3)18(23-15)22-13-8-6-7-12(4)9-13/h6-11,21H,5H2,1-4H3,(H,22,23). The smallest absolute Gasteiger partial charge is 0.357 e. The van der Waals surface area contributed by atoms with E-state index in [4.69, 9.17) is 21.7 Å². The quantitative estimate of drug-likeness (QED) is 0.563. The summed E-state index contributed by atoms with van der Waals surface area (Å²) in [5.41, 5.74) is 2.84. The third-order valence-electron chi connectivity index (χ3n) is 3.58. The van der Waals surface area contributed by atoms with Gasteiger partial charge >= 0.3 is 5.97 Å². The lowest BCUT2D eigenvalue weighted by atomic mass is 10.00. The lowest BCUT2D eigenvalue weighted by Gasteiger charge is -2.17. The van der Waals surface area contributed by atoms with Gasteiger partial charge < -0.3 is 15.5 Å². The fourth-order valence-electron chi connectivity index (χ4n) is 2.32. The monoisotopic (exact) mass is 359 g/mol. The van der Waals surface area contributed by atoms with Gasteiger partial charge in [-0.05, 0) is 43.5 Å². The first-order valence-electron chi connectivity index (χ1n) is 8.13. The predicted octanol–water partition coefficient (Wildman–Crippen LogP) is 4.99. The molecule has 25 heavy (non-hydrogen) atoms. The number of halogens is 1. The van der Waals surface area contributed by atoms with Gasteiger partial charge in [0.25, 0.3) is 0 Å². The fourth-order valence-corrected chi connectivity index (χ4v) is 2.61. The molecule has 0 atom stereocenters. The number of nitrogens with zero attached hydrogens (tertiary/aromatic N) is 1. The van der Waals surface area contributed by atoms with Crippen LogP contribution in [0.15, 0.2) is 30.3 Å². The molecule has 0 amide bonds. The van der Waals surface area contributed by atoms with Crippen LogP contribution < -0.4 is 5.32 Å². The normalized spacial score (nSPS) is 10.6. The largest absolute Gasteiger partial charge is 0.461 e. The molecule has 2 N–H and O–H groups in total. The van der Waals surface area contributed by atoms with Crippen molar-refractivity contribution in [2.75, 3.05) is 11.9 Å². The van der Waals surface area contributed by atoms with Gasteiger partial charge in [0, 0.05) is 11.4 Å². The predicted molar refractivity (Wildman–Crippen MR) is 101 cm³/mol. The SMILES string of the molecule is CCOC(=O)c1cc(Cl)c(C(=N)C(C)C)c(Nc2cccc(C)c2)n1. The molecule has 0 aliphatic carbocycles. The highest BCUT2D eigenvalue weighted by Crippen LogP contribution is 2.29. The summed E-state index contributed by atoms with van der Waals surface area (Å²) in [6.07, 6.45) is 0. The third kappa shape index (κ3) is 4.57. The number of ether oxygens (including phenoxy) is 1. The van der Waals surface area contributed by atoms with Crippen LogP contribution in [0.5, 0.6) is 0 Å². The van der Waals surface area contributed by atoms with Crippen molar-refractivity contribution < 1.29 is 9.53 Å². The number of esters is 1. The summed E-state index contributed by atoms with van der Waals surface area (Å²) in [7, 11) is 0. The van der Waals surface area contributed by atoms with Gasteiger partial charge in [-0.1, -0.05) is 37.6 Å². The first kappa shape index (κ1) is 18.9. The van der Waals surface area contributed by atoms with Crippen LogP contribution in [0, 0.1) is 18.3 Å². The second-order valence-corrected chi connectivity index (χ2v) is 6.40. The lowest BCUT2D eigenvalue weighted by Crippen LogP contribution is -2.15. The number of benzene rings is 1. The molecule has 0 saturated carbocycles. The van der Waals surface area contributed by atoms with Gasteiger partial charge in [-0.2, -0.15) is 0 Å². The van der Waals surface area contributed by atoms with Crippen molar-refractivity contribution in [3.63, 3.8) is 0 Å². The number of aryl methyl sites for hydroxylation is 1. The first-order valence-corrected chi connectivity index (χ1v) is 8.51. The summed E-state index contributed by atoms with van der Waals surface area (Å²) in [5.74, 6) is -0.204. The maximum atomic E-state index is 12.0. The number of hydrogen-bond donors (Lipinski definition) is 2. The summed E-state index contributed by atoms with van der Waals surface area (Å²) in [6, 6.07) is 9.20. The highest BCUT2D eigenvalue weighted by Gasteiger charge is 2.21. The second kappa shape index (κ2) is 8.12. The fraction of sp³-hybridized carbons (Fsp3) is 0.316. The van der Waals surface area contributed by atoms with E-state index in [2.05, 4.69) is 10.3 Å². The summed E-state index contributed by atoms with van der Waals surface area (Å²) in [5, 5.41) is 11.8. The highest BCUT2D eigenvalue weighted by molar-refractivity contribution is 6.35. The van der Waals surface area contributed by atoms with E-state index in [-0.39, 0.29) is 18.2 Å². The van der Waals surface area contributed by atoms with Gasteiger partial charge in [0.15, 0.2) is 5.69 Å². The van der Waals surface area contributed by atoms with E-state index in [1.807, 2.05) is 45.0 Å². The van der Waals surface area contributed by atoms with Crippen LogP contribution in [0.2, 0.25) is 5.02 Å². The number of nitrogens with one attached hydrogen (secondary N) is 2. The minimum atomic E-state index is -0.542. The van der Waals surface area contributed by atoms with Gasteiger partial charge in [-0.15, -0.1) is 0 Å². The summed E-state index contributed by atoms with van der Waals surface area (Å²) < 4.78 is 5.01. The number of hydrogen-bond acceptors (Lipinski definition) is 5. The van der Waals surface area contributed by atoms with E-state index in [9.17, 15) is 4.79 Å². The van der Waals surface area contributed by atoms with Crippen LogP contribution in [-0.4, -0.2) is 23.3 Å². The number of rotatable bonds is 6. The molecule has 1 heterocycles. The van der Waals surface area contributed by atoms with E-state index >= 15 is 0 Å². The van der Waals surface area contributed by atoms with Gasteiger partial charge in [-0.3, -0.25) is 0 Å². The second-order valence-electron chi connectivity index (χ2n) is 6.00. The van der Waals surface area contributed by atoms with Crippen molar-refractivity contribution in [2.45, 2.75) is 27.7 Å². The van der Waals surface area contributed by atoms with Crippen molar-refractivity contribution >= 4 is 34.8 Å². The molecule has 0 spiro atoms. The molecule has 6 heteroatoms. The maximum Gasteiger partial charge on any atom is 0.357 e. The summed E-state index contributed by atoms with van der Waals surface area (Å²) >= 11 is 6.39. The van der Waals surface area contributed by atoms with E-state index in [1.165, 1.54) is 6.07 Å². The Morgan fingerprint density at radius 3 is 2.68 bits per heavy atom. The zero-order valence-electron chi connectivity index (χ0n) is 14.8. The highest BCUT2D eigenvalue weighted by atomic mass is 35.5. The van der Waals surface area contributed by atoms with Gasteiger partial charge in [0.2, 0.25) is 0 Å². The van der Waals surface area contributed by atoms with Crippen molar-refractivity contribution in [2.24, 2.45) is 5.92 Å². The summed E-state index contributed by atoms with van der Waals surface area (Å²) in [4.78, 5) is 16.4. The zero-order chi connectivity index (χ0) is 18.6. The zero-order valence-corrected chi connectivity index (χ0v) is 15.6. The Kier molecular flexibility index (Phi) is 6.15.